The SMILES string of the molecule is Cc1cnc(C(=O)OCC(=O)Nc2ccccc2I)cn1. The summed E-state index contributed by atoms with van der Waals surface area (Å²) in [7, 11) is 0. The Balaban J connectivity index is 1.88. The Morgan fingerprint density at radius 3 is 2.67 bits per heavy atom. The van der Waals surface area contributed by atoms with Gasteiger partial charge in [0.2, 0.25) is 0 Å². The molecule has 0 saturated carbocycles. The number of esters is 1. The highest BCUT2D eigenvalue weighted by molar-refractivity contribution is 14.1. The van der Waals surface area contributed by atoms with Gasteiger partial charge in [0.15, 0.2) is 12.3 Å². The van der Waals surface area contributed by atoms with Crippen LogP contribution in [0, 0.1) is 10.5 Å². The third kappa shape index (κ3) is 4.48. The monoisotopic (exact) mass is 397 g/mol. The number of halogens is 1. The molecule has 0 unspecified atom stereocenters. The molecule has 0 aliphatic carbocycles. The van der Waals surface area contributed by atoms with E-state index in [-0.39, 0.29) is 12.3 Å². The summed E-state index contributed by atoms with van der Waals surface area (Å²) in [5, 5.41) is 2.67. The molecule has 2 rings (SSSR count). The maximum Gasteiger partial charge on any atom is 0.359 e. The van der Waals surface area contributed by atoms with Gasteiger partial charge in [-0.25, -0.2) is 9.78 Å². The fourth-order valence-corrected chi connectivity index (χ4v) is 1.97. The van der Waals surface area contributed by atoms with E-state index in [0.29, 0.717) is 11.4 Å². The molecule has 7 heteroatoms. The van der Waals surface area contributed by atoms with E-state index in [2.05, 4.69) is 37.9 Å². The first kappa shape index (κ1) is 15.4. The molecule has 6 nitrogen and oxygen atoms in total. The lowest BCUT2D eigenvalue weighted by molar-refractivity contribution is -0.119. The fourth-order valence-electron chi connectivity index (χ4n) is 1.45. The van der Waals surface area contributed by atoms with Crippen molar-refractivity contribution in [3.05, 3.63) is 51.6 Å². The van der Waals surface area contributed by atoms with Gasteiger partial charge in [-0.1, -0.05) is 12.1 Å². The predicted octanol–water partition coefficient (Wildman–Crippen LogP) is 2.19. The van der Waals surface area contributed by atoms with Gasteiger partial charge < -0.3 is 10.1 Å². The zero-order valence-electron chi connectivity index (χ0n) is 11.2. The van der Waals surface area contributed by atoms with Crippen molar-refractivity contribution in [1.82, 2.24) is 9.97 Å². The predicted molar refractivity (Wildman–Crippen MR) is 84.8 cm³/mol. The Morgan fingerprint density at radius 2 is 2.00 bits per heavy atom. The van der Waals surface area contributed by atoms with Crippen LogP contribution in [-0.2, 0) is 9.53 Å². The highest BCUT2D eigenvalue weighted by Gasteiger charge is 2.12. The zero-order valence-corrected chi connectivity index (χ0v) is 13.3. The van der Waals surface area contributed by atoms with Crippen molar-refractivity contribution in [2.75, 3.05) is 11.9 Å². The second-order valence-corrected chi connectivity index (χ2v) is 5.31. The molecule has 0 aliphatic rings. The van der Waals surface area contributed by atoms with E-state index in [0.717, 1.165) is 3.57 Å². The number of aromatic nitrogens is 2. The molecule has 0 bridgehead atoms. The number of carbonyl (C=O) groups is 2. The Morgan fingerprint density at radius 1 is 1.24 bits per heavy atom. The molecule has 1 N–H and O–H groups in total. The van der Waals surface area contributed by atoms with Gasteiger partial charge in [0, 0.05) is 9.77 Å². The topological polar surface area (TPSA) is 81.2 Å². The molecule has 0 aliphatic heterocycles. The molecule has 21 heavy (non-hydrogen) atoms. The molecule has 0 atom stereocenters. The normalized spacial score (nSPS) is 10.0. The molecule has 1 heterocycles. The lowest BCUT2D eigenvalue weighted by atomic mass is 10.3. The van der Waals surface area contributed by atoms with Gasteiger partial charge >= 0.3 is 5.97 Å². The molecule has 0 saturated heterocycles. The summed E-state index contributed by atoms with van der Waals surface area (Å²) in [6, 6.07) is 7.32. The van der Waals surface area contributed by atoms with Crippen LogP contribution in [0.1, 0.15) is 16.2 Å². The van der Waals surface area contributed by atoms with Crippen molar-refractivity contribution in [3.8, 4) is 0 Å². The third-order valence-electron chi connectivity index (χ3n) is 2.47. The minimum Gasteiger partial charge on any atom is -0.451 e. The van der Waals surface area contributed by atoms with E-state index in [1.807, 2.05) is 18.2 Å². The van der Waals surface area contributed by atoms with Crippen LogP contribution in [0.5, 0.6) is 0 Å². The molecular formula is C14H12IN3O3. The summed E-state index contributed by atoms with van der Waals surface area (Å²) in [5.74, 6) is -1.09. The first-order valence-electron chi connectivity index (χ1n) is 6.06. The molecule has 1 aromatic carbocycles. The summed E-state index contributed by atoms with van der Waals surface area (Å²) in [6.07, 6.45) is 2.78. The number of nitrogens with one attached hydrogen (secondary N) is 1. The highest BCUT2D eigenvalue weighted by Crippen LogP contribution is 2.16. The molecule has 0 fully saturated rings. The Kier molecular flexibility index (Phi) is 5.20. The standard InChI is InChI=1S/C14H12IN3O3/c1-9-6-17-12(7-16-9)14(20)21-8-13(19)18-11-5-3-2-4-10(11)15/h2-7H,8H2,1H3,(H,18,19). The Hall–Kier alpha value is -2.03. The van der Waals surface area contributed by atoms with Gasteiger partial charge in [0.1, 0.15) is 0 Å². The molecule has 1 amide bonds. The number of amides is 1. The minimum atomic E-state index is -0.680. The van der Waals surface area contributed by atoms with Crippen LogP contribution in [0.4, 0.5) is 5.69 Å². The van der Waals surface area contributed by atoms with Gasteiger partial charge in [-0.2, -0.15) is 0 Å². The largest absolute Gasteiger partial charge is 0.451 e. The summed E-state index contributed by atoms with van der Waals surface area (Å²) in [5.41, 5.74) is 1.44. The molecule has 1 aromatic heterocycles. The average Bonchev–Trinajstić information content (AvgIpc) is 2.48. The van der Waals surface area contributed by atoms with Crippen molar-refractivity contribution in [3.63, 3.8) is 0 Å². The number of ether oxygens (including phenoxy) is 1. The summed E-state index contributed by atoms with van der Waals surface area (Å²) in [6.45, 7) is 1.39. The highest BCUT2D eigenvalue weighted by atomic mass is 127. The first-order valence-corrected chi connectivity index (χ1v) is 7.14. The van der Waals surface area contributed by atoms with E-state index in [9.17, 15) is 9.59 Å². The number of para-hydroxylation sites is 1. The lowest BCUT2D eigenvalue weighted by Crippen LogP contribution is -2.21. The van der Waals surface area contributed by atoms with Crippen LogP contribution < -0.4 is 5.32 Å². The van der Waals surface area contributed by atoms with Crippen LogP contribution in [0.3, 0.4) is 0 Å². The molecule has 2 aromatic rings. The van der Waals surface area contributed by atoms with Crippen molar-refractivity contribution in [1.29, 1.82) is 0 Å². The Bertz CT molecular complexity index is 659. The molecule has 0 radical (unpaired) electrons. The average molecular weight is 397 g/mol. The zero-order chi connectivity index (χ0) is 15.2. The summed E-state index contributed by atoms with van der Waals surface area (Å²) < 4.78 is 5.79. The second kappa shape index (κ2) is 7.11. The van der Waals surface area contributed by atoms with Crippen molar-refractivity contribution in [2.45, 2.75) is 6.92 Å². The Labute approximate surface area is 135 Å². The van der Waals surface area contributed by atoms with Crippen LogP contribution in [0.25, 0.3) is 0 Å². The third-order valence-corrected chi connectivity index (χ3v) is 3.41. The number of hydrogen-bond donors (Lipinski definition) is 1. The smallest absolute Gasteiger partial charge is 0.359 e. The fraction of sp³-hybridized carbons (Fsp3) is 0.143. The number of nitrogens with zero attached hydrogens (tertiary/aromatic N) is 2. The minimum absolute atomic E-state index is 0.0719. The van der Waals surface area contributed by atoms with Gasteiger partial charge in [0.05, 0.1) is 17.6 Å². The van der Waals surface area contributed by atoms with Crippen LogP contribution in [-0.4, -0.2) is 28.5 Å². The van der Waals surface area contributed by atoms with Crippen LogP contribution >= 0.6 is 22.6 Å². The van der Waals surface area contributed by atoms with Crippen molar-refractivity contribution < 1.29 is 14.3 Å². The van der Waals surface area contributed by atoms with Gasteiger partial charge in [-0.3, -0.25) is 9.78 Å². The number of rotatable bonds is 4. The second-order valence-electron chi connectivity index (χ2n) is 4.15. The number of carbonyl (C=O) groups excluding carboxylic acids is 2. The summed E-state index contributed by atoms with van der Waals surface area (Å²) in [4.78, 5) is 31.2. The van der Waals surface area contributed by atoms with E-state index in [1.54, 1.807) is 13.0 Å². The first-order chi connectivity index (χ1) is 10.1. The van der Waals surface area contributed by atoms with E-state index >= 15 is 0 Å². The van der Waals surface area contributed by atoms with Gasteiger partial charge in [-0.15, -0.1) is 0 Å². The number of anilines is 1. The van der Waals surface area contributed by atoms with E-state index in [4.69, 9.17) is 4.74 Å². The lowest BCUT2D eigenvalue weighted by Gasteiger charge is -2.07. The molecule has 0 spiro atoms. The van der Waals surface area contributed by atoms with Crippen LogP contribution in [0.2, 0.25) is 0 Å². The van der Waals surface area contributed by atoms with E-state index < -0.39 is 11.9 Å². The van der Waals surface area contributed by atoms with E-state index in [1.165, 1.54) is 12.4 Å². The maximum atomic E-state index is 11.7. The van der Waals surface area contributed by atoms with Crippen LogP contribution in [0.15, 0.2) is 36.7 Å². The van der Waals surface area contributed by atoms with Gasteiger partial charge in [-0.05, 0) is 41.6 Å². The molecular weight excluding hydrogens is 385 g/mol. The van der Waals surface area contributed by atoms with Gasteiger partial charge in [0.25, 0.3) is 5.91 Å². The summed E-state index contributed by atoms with van der Waals surface area (Å²) >= 11 is 2.11. The molecule has 108 valence electrons. The number of benzene rings is 1. The number of hydrogen-bond acceptors (Lipinski definition) is 5. The maximum absolute atomic E-state index is 11.7. The quantitative estimate of drug-likeness (QED) is 0.632. The number of aryl methyl sites for hydroxylation is 1. The van der Waals surface area contributed by atoms with Crippen molar-refractivity contribution >= 4 is 40.2 Å². The van der Waals surface area contributed by atoms with Crippen molar-refractivity contribution in [2.24, 2.45) is 0 Å².